The Hall–Kier alpha value is -2.21. The number of nitrogens with one attached hydrogen (secondary N) is 2. The molecule has 1 aromatic heterocycles. The molecule has 4 rings (SSSR count). The summed E-state index contributed by atoms with van der Waals surface area (Å²) in [5.41, 5.74) is 1.43. The Morgan fingerprint density at radius 3 is 2.86 bits per heavy atom. The molecular weight excluding hydrogens is 268 g/mol. The number of aromatic nitrogens is 2. The van der Waals surface area contributed by atoms with E-state index in [9.17, 15) is 10.1 Å². The van der Waals surface area contributed by atoms with Crippen LogP contribution in [-0.4, -0.2) is 27.0 Å². The third-order valence-corrected chi connectivity index (χ3v) is 4.64. The monoisotopic (exact) mass is 284 g/mol. The summed E-state index contributed by atoms with van der Waals surface area (Å²) in [6.45, 7) is 0. The Kier molecular flexibility index (Phi) is 2.78. The average Bonchev–Trinajstić information content (AvgIpc) is 3.23. The zero-order valence-corrected chi connectivity index (χ0v) is 11.5. The van der Waals surface area contributed by atoms with Crippen molar-refractivity contribution in [2.75, 3.05) is 0 Å². The van der Waals surface area contributed by atoms with Crippen molar-refractivity contribution in [3.05, 3.63) is 46.4 Å². The average molecular weight is 284 g/mol. The van der Waals surface area contributed by atoms with Crippen LogP contribution >= 0.6 is 0 Å². The molecule has 2 saturated heterocycles. The van der Waals surface area contributed by atoms with E-state index in [-0.39, 0.29) is 10.6 Å². The van der Waals surface area contributed by atoms with Crippen molar-refractivity contribution in [2.24, 2.45) is 0 Å². The summed E-state index contributed by atoms with van der Waals surface area (Å²) in [7, 11) is 0. The highest BCUT2D eigenvalue weighted by atomic mass is 16.6. The van der Waals surface area contributed by atoms with Gasteiger partial charge in [-0.3, -0.25) is 10.1 Å². The van der Waals surface area contributed by atoms with Gasteiger partial charge in [-0.2, -0.15) is 0 Å². The Morgan fingerprint density at radius 2 is 2.14 bits per heavy atom. The number of rotatable bonds is 3. The molecule has 21 heavy (non-hydrogen) atoms. The third-order valence-electron chi connectivity index (χ3n) is 4.64. The normalized spacial score (nSPS) is 27.1. The van der Waals surface area contributed by atoms with Gasteiger partial charge in [-0.05, 0) is 25.3 Å². The van der Waals surface area contributed by atoms with Gasteiger partial charge >= 0.3 is 0 Å². The Morgan fingerprint density at radius 1 is 1.29 bits per heavy atom. The quantitative estimate of drug-likeness (QED) is 0.670. The molecular formula is C15H16N4O2. The summed E-state index contributed by atoms with van der Waals surface area (Å²) >= 11 is 0. The van der Waals surface area contributed by atoms with E-state index in [2.05, 4.69) is 15.3 Å². The van der Waals surface area contributed by atoms with Crippen LogP contribution in [0.4, 0.5) is 5.69 Å². The van der Waals surface area contributed by atoms with E-state index in [0.29, 0.717) is 23.6 Å². The number of aromatic amines is 1. The summed E-state index contributed by atoms with van der Waals surface area (Å²) < 4.78 is 0. The lowest BCUT2D eigenvalue weighted by Crippen LogP contribution is -2.22. The van der Waals surface area contributed by atoms with E-state index in [1.807, 2.05) is 6.07 Å². The van der Waals surface area contributed by atoms with Crippen LogP contribution in [0.3, 0.4) is 0 Å². The van der Waals surface area contributed by atoms with Crippen molar-refractivity contribution in [1.82, 2.24) is 15.3 Å². The molecule has 1 aromatic carbocycles. The first-order chi connectivity index (χ1) is 10.2. The van der Waals surface area contributed by atoms with Crippen LogP contribution in [0.1, 0.15) is 31.0 Å². The van der Waals surface area contributed by atoms with Crippen LogP contribution in [0, 0.1) is 10.1 Å². The number of fused-ring (bicyclic) bond motifs is 2. The van der Waals surface area contributed by atoms with Crippen molar-refractivity contribution in [2.45, 2.75) is 37.3 Å². The molecule has 0 radical (unpaired) electrons. The van der Waals surface area contributed by atoms with Gasteiger partial charge in [0.25, 0.3) is 5.69 Å². The fraction of sp³-hybridized carbons (Fsp3) is 0.400. The maximum atomic E-state index is 11.1. The molecule has 2 N–H and O–H groups in total. The van der Waals surface area contributed by atoms with Gasteiger partial charge in [-0.15, -0.1) is 0 Å². The Labute approximate surface area is 121 Å². The number of benzene rings is 1. The zero-order valence-electron chi connectivity index (χ0n) is 11.5. The van der Waals surface area contributed by atoms with E-state index in [1.165, 1.54) is 18.9 Å². The number of nitrogens with zero attached hydrogens (tertiary/aromatic N) is 2. The van der Waals surface area contributed by atoms with Gasteiger partial charge < -0.3 is 10.3 Å². The fourth-order valence-electron chi connectivity index (χ4n) is 3.65. The molecule has 108 valence electrons. The Bertz CT molecular complexity index is 696. The second-order valence-electron chi connectivity index (χ2n) is 5.85. The molecule has 2 aromatic rings. The van der Waals surface area contributed by atoms with Crippen molar-refractivity contribution in [3.63, 3.8) is 0 Å². The topological polar surface area (TPSA) is 83.8 Å². The molecule has 0 spiro atoms. The van der Waals surface area contributed by atoms with Gasteiger partial charge in [0.1, 0.15) is 5.82 Å². The second kappa shape index (κ2) is 4.66. The number of hydrogen-bond donors (Lipinski definition) is 2. The molecule has 2 fully saturated rings. The van der Waals surface area contributed by atoms with Gasteiger partial charge in [0.05, 0.1) is 22.4 Å². The first kappa shape index (κ1) is 12.5. The first-order valence-corrected chi connectivity index (χ1v) is 7.27. The minimum absolute atomic E-state index is 0.110. The van der Waals surface area contributed by atoms with Crippen LogP contribution < -0.4 is 5.32 Å². The molecule has 3 heterocycles. The number of nitro groups is 1. The molecule has 3 unspecified atom stereocenters. The number of H-pyrrole nitrogens is 1. The summed E-state index contributed by atoms with van der Waals surface area (Å²) in [6.07, 6.45) is 5.26. The Balaban J connectivity index is 1.67. The molecule has 6 heteroatoms. The van der Waals surface area contributed by atoms with Gasteiger partial charge in [-0.25, -0.2) is 4.98 Å². The lowest BCUT2D eigenvalue weighted by Gasteiger charge is -2.17. The van der Waals surface area contributed by atoms with Crippen molar-refractivity contribution >= 4 is 5.69 Å². The van der Waals surface area contributed by atoms with Crippen LogP contribution in [0.25, 0.3) is 11.3 Å². The highest BCUT2D eigenvalue weighted by Crippen LogP contribution is 2.39. The van der Waals surface area contributed by atoms with Crippen molar-refractivity contribution in [3.8, 4) is 11.3 Å². The van der Waals surface area contributed by atoms with Gasteiger partial charge in [0, 0.05) is 24.1 Å². The third kappa shape index (κ3) is 2.03. The van der Waals surface area contributed by atoms with Crippen LogP contribution in [0.2, 0.25) is 0 Å². The summed E-state index contributed by atoms with van der Waals surface area (Å²) in [5.74, 6) is 1.35. The van der Waals surface area contributed by atoms with Crippen LogP contribution in [0.5, 0.6) is 0 Å². The highest BCUT2D eigenvalue weighted by Gasteiger charge is 2.41. The lowest BCUT2D eigenvalue weighted by molar-refractivity contribution is -0.384. The summed E-state index contributed by atoms with van der Waals surface area (Å²) in [5, 5.41) is 14.7. The van der Waals surface area contributed by atoms with E-state index >= 15 is 0 Å². The molecule has 2 bridgehead atoms. The van der Waals surface area contributed by atoms with E-state index in [4.69, 9.17) is 0 Å². The van der Waals surface area contributed by atoms with Gasteiger partial charge in [0.15, 0.2) is 0 Å². The molecule has 6 nitrogen and oxygen atoms in total. The molecule has 0 saturated carbocycles. The molecule has 0 amide bonds. The fourth-order valence-corrected chi connectivity index (χ4v) is 3.65. The number of imidazole rings is 1. The summed E-state index contributed by atoms with van der Waals surface area (Å²) in [6, 6.07) is 7.88. The van der Waals surface area contributed by atoms with Crippen LogP contribution in [0.15, 0.2) is 30.5 Å². The van der Waals surface area contributed by atoms with E-state index in [1.54, 1.807) is 18.3 Å². The predicted octanol–water partition coefficient (Wildman–Crippen LogP) is 2.59. The molecule has 2 aliphatic heterocycles. The van der Waals surface area contributed by atoms with Gasteiger partial charge in [0.2, 0.25) is 0 Å². The molecule has 2 aliphatic rings. The van der Waals surface area contributed by atoms with E-state index < -0.39 is 0 Å². The minimum atomic E-state index is -0.352. The largest absolute Gasteiger partial charge is 0.342 e. The van der Waals surface area contributed by atoms with E-state index in [0.717, 1.165) is 17.9 Å². The van der Waals surface area contributed by atoms with Crippen molar-refractivity contribution < 1.29 is 4.92 Å². The minimum Gasteiger partial charge on any atom is -0.342 e. The first-order valence-electron chi connectivity index (χ1n) is 7.27. The van der Waals surface area contributed by atoms with Crippen molar-refractivity contribution in [1.29, 1.82) is 0 Å². The second-order valence-corrected chi connectivity index (χ2v) is 5.85. The maximum absolute atomic E-state index is 11.1. The van der Waals surface area contributed by atoms with Crippen LogP contribution in [-0.2, 0) is 0 Å². The number of nitro benzene ring substituents is 1. The SMILES string of the molecule is O=[N+]([O-])c1ccccc1-c1cnc(C2CC3CCC2N3)[nH]1. The summed E-state index contributed by atoms with van der Waals surface area (Å²) in [4.78, 5) is 18.5. The molecule has 3 atom stereocenters. The smallest absolute Gasteiger partial charge is 0.278 e. The maximum Gasteiger partial charge on any atom is 0.278 e. The standard InChI is InChI=1S/C15H16N4O2/c20-19(21)14-4-2-1-3-10(14)13-8-16-15(18-13)11-7-9-5-6-12(11)17-9/h1-4,8-9,11-12,17H,5-7H2,(H,16,18). The number of para-hydroxylation sites is 1. The zero-order chi connectivity index (χ0) is 14.4. The predicted molar refractivity (Wildman–Crippen MR) is 78.0 cm³/mol. The lowest BCUT2D eigenvalue weighted by atomic mass is 9.89. The van der Waals surface area contributed by atoms with Gasteiger partial charge in [-0.1, -0.05) is 12.1 Å². The molecule has 0 aliphatic carbocycles. The number of hydrogen-bond acceptors (Lipinski definition) is 4. The highest BCUT2D eigenvalue weighted by molar-refractivity contribution is 5.70.